The van der Waals surface area contributed by atoms with Gasteiger partial charge >= 0.3 is 11.4 Å². The zero-order valence-electron chi connectivity index (χ0n) is 16.8. The van der Waals surface area contributed by atoms with Crippen LogP contribution in [0.1, 0.15) is 20.7 Å². The summed E-state index contributed by atoms with van der Waals surface area (Å²) in [5, 5.41) is 22.8. The summed E-state index contributed by atoms with van der Waals surface area (Å²) in [5.74, 6) is -1.32. The van der Waals surface area contributed by atoms with Crippen molar-refractivity contribution in [2.24, 2.45) is 4.99 Å². The van der Waals surface area contributed by atoms with Gasteiger partial charge in [0.1, 0.15) is 0 Å². The second-order valence-electron chi connectivity index (χ2n) is 6.25. The molecule has 166 valence electrons. The predicted molar refractivity (Wildman–Crippen MR) is 115 cm³/mol. The highest BCUT2D eigenvalue weighted by Gasteiger charge is 2.33. The van der Waals surface area contributed by atoms with Crippen molar-refractivity contribution in [1.82, 2.24) is 4.90 Å². The molecule has 0 saturated heterocycles. The van der Waals surface area contributed by atoms with Gasteiger partial charge < -0.3 is 9.47 Å². The second kappa shape index (κ2) is 9.43. The van der Waals surface area contributed by atoms with Crippen molar-refractivity contribution in [3.05, 3.63) is 67.8 Å². The minimum absolute atomic E-state index is 0.0530. The third kappa shape index (κ3) is 4.37. The number of hydrogen-bond acceptors (Lipinski definition) is 10. The van der Waals surface area contributed by atoms with Crippen LogP contribution in [0.2, 0.25) is 0 Å². The van der Waals surface area contributed by atoms with Crippen LogP contribution in [0.4, 0.5) is 11.4 Å². The molecule has 0 unspecified atom stereocenters. The fourth-order valence-electron chi connectivity index (χ4n) is 2.91. The number of imide groups is 1. The van der Waals surface area contributed by atoms with Gasteiger partial charge in [-0.3, -0.25) is 34.8 Å². The van der Waals surface area contributed by atoms with Gasteiger partial charge in [0.15, 0.2) is 16.7 Å². The number of hydrogen-bond donors (Lipinski definition) is 0. The standard InChI is InChI=1S/C19H16N4O8S/c1-30-15-5-3-11(9-13(15)22(26)27)17(24)21(19-20-7-8-32-19)18(25)12-4-6-16(31-2)14(10-12)23(28)29/h3-6,9-10H,7-8H2,1-2H3. The summed E-state index contributed by atoms with van der Waals surface area (Å²) < 4.78 is 9.88. The summed E-state index contributed by atoms with van der Waals surface area (Å²) in [4.78, 5) is 52.7. The first-order valence-corrected chi connectivity index (χ1v) is 9.98. The van der Waals surface area contributed by atoms with E-state index in [4.69, 9.17) is 9.47 Å². The van der Waals surface area contributed by atoms with Gasteiger partial charge in [-0.2, -0.15) is 0 Å². The molecule has 1 aliphatic rings. The Morgan fingerprint density at radius 2 is 1.41 bits per heavy atom. The van der Waals surface area contributed by atoms with Crippen molar-refractivity contribution in [3.8, 4) is 11.5 Å². The molecule has 12 nitrogen and oxygen atoms in total. The van der Waals surface area contributed by atoms with Gasteiger partial charge in [-0.25, -0.2) is 4.90 Å². The molecule has 0 spiro atoms. The van der Waals surface area contributed by atoms with E-state index in [0.717, 1.165) is 28.8 Å². The van der Waals surface area contributed by atoms with Gasteiger partial charge in [0.25, 0.3) is 11.8 Å². The number of methoxy groups -OCH3 is 2. The number of amidine groups is 1. The van der Waals surface area contributed by atoms with Crippen LogP contribution >= 0.6 is 11.8 Å². The minimum Gasteiger partial charge on any atom is -0.490 e. The molecule has 0 radical (unpaired) electrons. The number of benzene rings is 2. The normalized spacial score (nSPS) is 12.6. The molecule has 0 atom stereocenters. The van der Waals surface area contributed by atoms with E-state index >= 15 is 0 Å². The molecule has 3 rings (SSSR count). The zero-order chi connectivity index (χ0) is 23.4. The Balaban J connectivity index is 2.07. The van der Waals surface area contributed by atoms with Crippen molar-refractivity contribution < 1.29 is 28.9 Å². The van der Waals surface area contributed by atoms with Gasteiger partial charge in [-0.05, 0) is 24.3 Å². The molecule has 0 N–H and O–H groups in total. The van der Waals surface area contributed by atoms with Gasteiger partial charge in [-0.15, -0.1) is 0 Å². The van der Waals surface area contributed by atoms with E-state index in [2.05, 4.69) is 4.99 Å². The Kier molecular flexibility index (Phi) is 6.68. The van der Waals surface area contributed by atoms with Crippen LogP contribution in [-0.2, 0) is 0 Å². The molecule has 0 bridgehead atoms. The van der Waals surface area contributed by atoms with Crippen LogP contribution < -0.4 is 9.47 Å². The third-order valence-corrected chi connectivity index (χ3v) is 5.37. The topological polar surface area (TPSA) is 154 Å². The monoisotopic (exact) mass is 460 g/mol. The number of thioether (sulfide) groups is 1. The van der Waals surface area contributed by atoms with Crippen LogP contribution in [0.25, 0.3) is 0 Å². The Hall–Kier alpha value is -4.00. The number of aliphatic imine (C=N–C) groups is 1. The first-order chi connectivity index (χ1) is 15.3. The van der Waals surface area contributed by atoms with Crippen LogP contribution in [-0.4, -0.2) is 58.2 Å². The number of carbonyl (C=O) groups is 2. The smallest absolute Gasteiger partial charge is 0.311 e. The van der Waals surface area contributed by atoms with Gasteiger partial charge in [0.05, 0.1) is 30.6 Å². The molecule has 2 aromatic carbocycles. The average molecular weight is 460 g/mol. The van der Waals surface area contributed by atoms with Crippen molar-refractivity contribution in [2.45, 2.75) is 0 Å². The number of nitrogens with zero attached hydrogens (tertiary/aromatic N) is 4. The lowest BCUT2D eigenvalue weighted by molar-refractivity contribution is -0.385. The summed E-state index contributed by atoms with van der Waals surface area (Å²) in [6.45, 7) is 0.364. The molecule has 0 aromatic heterocycles. The van der Waals surface area contributed by atoms with Crippen LogP contribution in [0.5, 0.6) is 11.5 Å². The van der Waals surface area contributed by atoms with Gasteiger partial charge in [0.2, 0.25) is 0 Å². The third-order valence-electron chi connectivity index (χ3n) is 4.41. The number of nitro benzene ring substituents is 2. The van der Waals surface area contributed by atoms with E-state index < -0.39 is 33.0 Å². The summed E-state index contributed by atoms with van der Waals surface area (Å²) >= 11 is 1.15. The van der Waals surface area contributed by atoms with E-state index in [1.54, 1.807) is 0 Å². The predicted octanol–water partition coefficient (Wildman–Crippen LogP) is 2.91. The fraction of sp³-hybridized carbons (Fsp3) is 0.211. The Morgan fingerprint density at radius 3 is 1.75 bits per heavy atom. The van der Waals surface area contributed by atoms with Crippen LogP contribution in [0, 0.1) is 20.2 Å². The summed E-state index contributed by atoms with van der Waals surface area (Å²) in [6, 6.07) is 7.05. The van der Waals surface area contributed by atoms with Crippen molar-refractivity contribution in [2.75, 3.05) is 26.5 Å². The van der Waals surface area contributed by atoms with Gasteiger partial charge in [0, 0.05) is 29.0 Å². The quantitative estimate of drug-likeness (QED) is 0.359. The highest BCUT2D eigenvalue weighted by molar-refractivity contribution is 8.14. The average Bonchev–Trinajstić information content (AvgIpc) is 3.32. The molecule has 0 saturated carbocycles. The van der Waals surface area contributed by atoms with E-state index in [9.17, 15) is 29.8 Å². The lowest BCUT2D eigenvalue weighted by Gasteiger charge is -2.20. The van der Waals surface area contributed by atoms with Crippen LogP contribution in [0.15, 0.2) is 41.4 Å². The minimum atomic E-state index is -0.868. The lowest BCUT2D eigenvalue weighted by Crippen LogP contribution is -2.40. The SMILES string of the molecule is COc1ccc(C(=O)N(C(=O)c2ccc(OC)c([N+](=O)[O-])c2)C2=NCCS2)cc1[N+](=O)[O-]. The summed E-state index contributed by atoms with van der Waals surface area (Å²) in [6.07, 6.45) is 0. The maximum absolute atomic E-state index is 13.3. The van der Waals surface area contributed by atoms with Crippen molar-refractivity contribution in [3.63, 3.8) is 0 Å². The van der Waals surface area contributed by atoms with Gasteiger partial charge in [-0.1, -0.05) is 11.8 Å². The number of carbonyl (C=O) groups excluding carboxylic acids is 2. The molecular weight excluding hydrogens is 444 g/mol. The molecule has 13 heteroatoms. The van der Waals surface area contributed by atoms with E-state index in [1.165, 1.54) is 38.5 Å². The first-order valence-electron chi connectivity index (χ1n) is 8.99. The van der Waals surface area contributed by atoms with Crippen molar-refractivity contribution in [1.29, 1.82) is 0 Å². The molecule has 32 heavy (non-hydrogen) atoms. The largest absolute Gasteiger partial charge is 0.490 e. The number of ether oxygens (including phenoxy) is 2. The lowest BCUT2D eigenvalue weighted by atomic mass is 10.1. The molecule has 1 heterocycles. The highest BCUT2D eigenvalue weighted by Crippen LogP contribution is 2.31. The fourth-order valence-corrected chi connectivity index (χ4v) is 3.76. The maximum atomic E-state index is 13.3. The Morgan fingerprint density at radius 1 is 0.938 bits per heavy atom. The Labute approximate surface area is 185 Å². The number of rotatable bonds is 6. The summed E-state index contributed by atoms with van der Waals surface area (Å²) in [7, 11) is 2.50. The first kappa shape index (κ1) is 22.7. The molecule has 1 aliphatic heterocycles. The molecular formula is C19H16N4O8S. The number of amides is 2. The highest BCUT2D eigenvalue weighted by atomic mass is 32.2. The van der Waals surface area contributed by atoms with Crippen molar-refractivity contribution >= 4 is 40.1 Å². The zero-order valence-corrected chi connectivity index (χ0v) is 17.7. The van der Waals surface area contributed by atoms with E-state index in [1.807, 2.05) is 0 Å². The molecule has 2 aromatic rings. The Bertz CT molecular complexity index is 1070. The maximum Gasteiger partial charge on any atom is 0.311 e. The number of nitro groups is 2. The van der Waals surface area contributed by atoms with E-state index in [0.29, 0.717) is 12.3 Å². The second-order valence-corrected chi connectivity index (χ2v) is 7.31. The molecule has 0 aliphatic carbocycles. The van der Waals surface area contributed by atoms with E-state index in [-0.39, 0.29) is 27.8 Å². The van der Waals surface area contributed by atoms with Crippen LogP contribution in [0.3, 0.4) is 0 Å². The summed E-state index contributed by atoms with van der Waals surface area (Å²) in [5.41, 5.74) is -1.20. The molecule has 2 amide bonds. The molecule has 0 fully saturated rings.